The molecule has 4 aromatic rings. The zero-order valence-electron chi connectivity index (χ0n) is 17.1. The van der Waals surface area contributed by atoms with Gasteiger partial charge in [0.1, 0.15) is 16.2 Å². The number of carbonyl (C=O) groups is 1. The molecule has 1 aromatic carbocycles. The molecule has 0 saturated carbocycles. The summed E-state index contributed by atoms with van der Waals surface area (Å²) in [6.45, 7) is 1.95. The number of benzene rings is 1. The highest BCUT2D eigenvalue weighted by molar-refractivity contribution is 7.17. The summed E-state index contributed by atoms with van der Waals surface area (Å²) in [7, 11) is 1.43. The number of furan rings is 1. The van der Waals surface area contributed by atoms with Crippen LogP contribution in [0.25, 0.3) is 21.5 Å². The number of ether oxygens (including phenoxy) is 1. The first-order valence-corrected chi connectivity index (χ1v) is 10.4. The molecule has 3 heterocycles. The van der Waals surface area contributed by atoms with Crippen LogP contribution >= 0.6 is 11.3 Å². The molecular weight excluding hydrogens is 438 g/mol. The Labute approximate surface area is 185 Å². The molecule has 0 aliphatic rings. The molecule has 0 aliphatic carbocycles. The highest BCUT2D eigenvalue weighted by Crippen LogP contribution is 2.32. The predicted molar refractivity (Wildman–Crippen MR) is 116 cm³/mol. The Bertz CT molecular complexity index is 1390. The van der Waals surface area contributed by atoms with Crippen LogP contribution in [0.15, 0.2) is 64.2 Å². The van der Waals surface area contributed by atoms with Crippen molar-refractivity contribution in [3.05, 3.63) is 70.7 Å². The molecule has 0 spiro atoms. The monoisotopic (exact) mass is 456 g/mol. The van der Waals surface area contributed by atoms with Gasteiger partial charge in [-0.25, -0.2) is 4.79 Å². The lowest BCUT2D eigenvalue weighted by molar-refractivity contribution is 0.0532. The van der Waals surface area contributed by atoms with Crippen molar-refractivity contribution in [2.75, 3.05) is 13.7 Å². The number of thiophene rings is 1. The van der Waals surface area contributed by atoms with Crippen molar-refractivity contribution in [1.82, 2.24) is 9.78 Å². The first kappa shape index (κ1) is 21.6. The summed E-state index contributed by atoms with van der Waals surface area (Å²) in [4.78, 5) is 16.8. The minimum absolute atomic E-state index is 0.0880. The summed E-state index contributed by atoms with van der Waals surface area (Å²) in [6.07, 6.45) is 1.41. The van der Waals surface area contributed by atoms with Crippen LogP contribution in [-0.4, -0.2) is 35.2 Å². The average molecular weight is 456 g/mol. The number of esters is 1. The fourth-order valence-corrected chi connectivity index (χ4v) is 3.97. The van der Waals surface area contributed by atoms with E-state index < -0.39 is 17.7 Å². The summed E-state index contributed by atoms with van der Waals surface area (Å²) in [5, 5.41) is 13.0. The number of halogens is 2. The summed E-state index contributed by atoms with van der Waals surface area (Å²) >= 11 is 1.12. The van der Waals surface area contributed by atoms with Crippen LogP contribution in [-0.2, 0) is 10.7 Å². The minimum Gasteiger partial charge on any atom is -0.464 e. The van der Waals surface area contributed by atoms with Gasteiger partial charge in [-0.1, -0.05) is 0 Å². The van der Waals surface area contributed by atoms with Gasteiger partial charge in [0.25, 0.3) is 0 Å². The van der Waals surface area contributed by atoms with Crippen LogP contribution < -0.4 is 5.49 Å². The summed E-state index contributed by atoms with van der Waals surface area (Å²) in [6, 6.07) is 11.9. The zero-order chi connectivity index (χ0) is 22.9. The van der Waals surface area contributed by atoms with E-state index in [1.165, 1.54) is 37.6 Å². The summed E-state index contributed by atoms with van der Waals surface area (Å²) < 4.78 is 41.6. The van der Waals surface area contributed by atoms with E-state index >= 15 is 8.78 Å². The molecule has 32 heavy (non-hydrogen) atoms. The standard InChI is InChI=1S/C22H18F2N4O3S/c1-3-30-20(29)18-8-7-17(32-18)15-5-9-19(26-2)28(27-15)21(25)22(23,24)14-4-6-16-13(12-14)10-11-31-16/h4-12,25H,3H2,1-2H3/b25-21?,26-19-. The number of fused-ring (bicyclic) bond motifs is 1. The number of carbonyl (C=O) groups excluding carboxylic acids is 1. The molecule has 0 aliphatic heterocycles. The van der Waals surface area contributed by atoms with Gasteiger partial charge in [0.15, 0.2) is 11.3 Å². The van der Waals surface area contributed by atoms with E-state index in [0.29, 0.717) is 26.4 Å². The van der Waals surface area contributed by atoms with Crippen molar-refractivity contribution in [2.45, 2.75) is 12.8 Å². The van der Waals surface area contributed by atoms with Gasteiger partial charge in [-0.2, -0.15) is 18.6 Å². The first-order valence-electron chi connectivity index (χ1n) is 9.60. The van der Waals surface area contributed by atoms with E-state index in [-0.39, 0.29) is 17.7 Å². The van der Waals surface area contributed by atoms with Gasteiger partial charge in [-0.05, 0) is 55.5 Å². The van der Waals surface area contributed by atoms with Crippen LogP contribution in [0.4, 0.5) is 8.78 Å². The third-order valence-corrected chi connectivity index (χ3v) is 5.79. The quantitative estimate of drug-likeness (QED) is 0.268. The van der Waals surface area contributed by atoms with E-state index in [1.54, 1.807) is 31.2 Å². The number of hydrogen-bond acceptors (Lipinski definition) is 7. The molecule has 0 bridgehead atoms. The van der Waals surface area contributed by atoms with E-state index in [0.717, 1.165) is 16.0 Å². The van der Waals surface area contributed by atoms with Crippen LogP contribution in [0, 0.1) is 5.41 Å². The third kappa shape index (κ3) is 3.84. The van der Waals surface area contributed by atoms with E-state index in [9.17, 15) is 4.79 Å². The predicted octanol–water partition coefficient (Wildman–Crippen LogP) is 4.68. The van der Waals surface area contributed by atoms with Gasteiger partial charge < -0.3 is 9.15 Å². The molecule has 0 unspecified atom stereocenters. The van der Waals surface area contributed by atoms with Crippen LogP contribution in [0.1, 0.15) is 22.2 Å². The maximum Gasteiger partial charge on any atom is 0.348 e. The Kier molecular flexibility index (Phi) is 5.70. The Hall–Kier alpha value is -3.66. The van der Waals surface area contributed by atoms with Gasteiger partial charge in [0.05, 0.1) is 17.7 Å². The van der Waals surface area contributed by atoms with Crippen LogP contribution in [0.3, 0.4) is 0 Å². The number of aromatic nitrogens is 2. The Morgan fingerprint density at radius 3 is 2.81 bits per heavy atom. The van der Waals surface area contributed by atoms with Gasteiger partial charge in [0.2, 0.25) is 0 Å². The van der Waals surface area contributed by atoms with Crippen molar-refractivity contribution in [3.8, 4) is 10.6 Å². The second-order valence-corrected chi connectivity index (χ2v) is 7.78. The molecule has 0 fully saturated rings. The van der Waals surface area contributed by atoms with Crippen LogP contribution in [0.5, 0.6) is 0 Å². The highest BCUT2D eigenvalue weighted by atomic mass is 32.1. The second-order valence-electron chi connectivity index (χ2n) is 6.69. The lowest BCUT2D eigenvalue weighted by Gasteiger charge is -2.19. The molecule has 1 N–H and O–H groups in total. The topological polar surface area (TPSA) is 93.5 Å². The molecule has 10 heteroatoms. The lowest BCUT2D eigenvalue weighted by Crippen LogP contribution is -2.39. The molecular formula is C22H18F2N4O3S. The van der Waals surface area contributed by atoms with Gasteiger partial charge in [-0.15, -0.1) is 11.3 Å². The smallest absolute Gasteiger partial charge is 0.348 e. The van der Waals surface area contributed by atoms with Crippen molar-refractivity contribution >= 4 is 34.1 Å². The number of hydrogen-bond donors (Lipinski definition) is 1. The zero-order valence-corrected chi connectivity index (χ0v) is 18.0. The SMILES string of the molecule is CCOC(=O)c1ccc(-c2cc/c(=N/C)n(C(=N)C(F)(F)c3ccc4occc4c3)n2)s1. The number of rotatable bonds is 5. The molecule has 3 aromatic heterocycles. The van der Waals surface area contributed by atoms with Crippen molar-refractivity contribution in [1.29, 1.82) is 5.41 Å². The van der Waals surface area contributed by atoms with Crippen molar-refractivity contribution < 1.29 is 22.7 Å². The normalized spacial score (nSPS) is 12.3. The summed E-state index contributed by atoms with van der Waals surface area (Å²) in [5.41, 5.74) is 0.524. The molecule has 4 rings (SSSR count). The molecule has 0 atom stereocenters. The Morgan fingerprint density at radius 2 is 2.06 bits per heavy atom. The fourth-order valence-electron chi connectivity index (χ4n) is 3.10. The second kappa shape index (κ2) is 8.46. The first-order chi connectivity index (χ1) is 15.3. The van der Waals surface area contributed by atoms with Gasteiger partial charge in [0, 0.05) is 18.0 Å². The van der Waals surface area contributed by atoms with Crippen LogP contribution in [0.2, 0.25) is 0 Å². The maximum absolute atomic E-state index is 15.3. The molecule has 0 radical (unpaired) electrons. The molecule has 164 valence electrons. The Balaban J connectivity index is 1.74. The van der Waals surface area contributed by atoms with Crippen molar-refractivity contribution in [3.63, 3.8) is 0 Å². The third-order valence-electron chi connectivity index (χ3n) is 4.70. The fraction of sp³-hybridized carbons (Fsp3) is 0.182. The average Bonchev–Trinajstić information content (AvgIpc) is 3.47. The highest BCUT2D eigenvalue weighted by Gasteiger charge is 2.40. The molecule has 7 nitrogen and oxygen atoms in total. The lowest BCUT2D eigenvalue weighted by atomic mass is 10.1. The van der Waals surface area contributed by atoms with E-state index in [4.69, 9.17) is 14.6 Å². The molecule has 0 amide bonds. The minimum atomic E-state index is -3.65. The number of alkyl halides is 2. The molecule has 0 saturated heterocycles. The van der Waals surface area contributed by atoms with E-state index in [1.807, 2.05) is 0 Å². The maximum atomic E-state index is 15.3. The van der Waals surface area contributed by atoms with Gasteiger partial charge in [-0.3, -0.25) is 10.4 Å². The van der Waals surface area contributed by atoms with Crippen molar-refractivity contribution in [2.24, 2.45) is 4.99 Å². The summed E-state index contributed by atoms with van der Waals surface area (Å²) in [5.74, 6) is -5.16. The van der Waals surface area contributed by atoms with E-state index in [2.05, 4.69) is 10.1 Å². The van der Waals surface area contributed by atoms with Gasteiger partial charge >= 0.3 is 11.9 Å². The Morgan fingerprint density at radius 1 is 1.25 bits per heavy atom. The number of nitrogens with one attached hydrogen (secondary N) is 1. The largest absolute Gasteiger partial charge is 0.464 e. The number of nitrogens with zero attached hydrogens (tertiary/aromatic N) is 3.